The number of nitrogens with one attached hydrogen (secondary N) is 3. The maximum Gasteiger partial charge on any atom is 0.258 e. The first-order valence-corrected chi connectivity index (χ1v) is 10.2. The van der Waals surface area contributed by atoms with Crippen molar-refractivity contribution in [2.45, 2.75) is 27.3 Å². The van der Waals surface area contributed by atoms with Crippen molar-refractivity contribution in [2.24, 2.45) is 0 Å². The van der Waals surface area contributed by atoms with E-state index in [1.807, 2.05) is 26.8 Å². The van der Waals surface area contributed by atoms with Crippen LogP contribution in [0.2, 0.25) is 10.0 Å². The molecular formula is C21H22Cl2N6O. The maximum absolute atomic E-state index is 12.8. The van der Waals surface area contributed by atoms with Crippen LogP contribution in [0.5, 0.6) is 0 Å². The summed E-state index contributed by atoms with van der Waals surface area (Å²) < 4.78 is 0. The van der Waals surface area contributed by atoms with E-state index < -0.39 is 5.91 Å². The Bertz CT molecular complexity index is 1030. The standard InChI is InChI=1S/C21H22Cl2N6O/c1-4-24-11-14-8-16(22)20(17(23)9-14)21(30)28-15-5-6-25-18(10-15)29-19-7-12(2)26-13(3)27-19/h5-10,24H,4,11H2,1-3H3,(H2,25,26,27,28,29,30). The van der Waals surface area contributed by atoms with E-state index in [4.69, 9.17) is 23.2 Å². The van der Waals surface area contributed by atoms with Crippen LogP contribution < -0.4 is 16.0 Å². The molecule has 156 valence electrons. The molecule has 2 heterocycles. The van der Waals surface area contributed by atoms with Gasteiger partial charge in [-0.3, -0.25) is 4.79 Å². The van der Waals surface area contributed by atoms with E-state index in [1.165, 1.54) is 0 Å². The molecule has 0 spiro atoms. The number of halogens is 2. The van der Waals surface area contributed by atoms with Crippen LogP contribution in [0.3, 0.4) is 0 Å². The van der Waals surface area contributed by atoms with Crippen LogP contribution in [-0.2, 0) is 6.54 Å². The lowest BCUT2D eigenvalue weighted by atomic mass is 10.1. The van der Waals surface area contributed by atoms with Crippen LogP contribution in [0.4, 0.5) is 17.3 Å². The molecule has 3 rings (SSSR count). The van der Waals surface area contributed by atoms with Gasteiger partial charge in [0.05, 0.1) is 15.6 Å². The lowest BCUT2D eigenvalue weighted by Gasteiger charge is -2.12. The Balaban J connectivity index is 1.76. The molecule has 0 unspecified atom stereocenters. The zero-order valence-corrected chi connectivity index (χ0v) is 18.4. The number of pyridine rings is 1. The van der Waals surface area contributed by atoms with Crippen LogP contribution in [-0.4, -0.2) is 27.4 Å². The number of nitrogens with zero attached hydrogens (tertiary/aromatic N) is 3. The third-order valence-corrected chi connectivity index (χ3v) is 4.74. The van der Waals surface area contributed by atoms with Gasteiger partial charge in [0.25, 0.3) is 5.91 Å². The first-order valence-electron chi connectivity index (χ1n) is 9.41. The van der Waals surface area contributed by atoms with Crippen molar-refractivity contribution in [3.63, 3.8) is 0 Å². The summed E-state index contributed by atoms with van der Waals surface area (Å²) in [4.78, 5) is 25.6. The number of aryl methyl sites for hydroxylation is 2. The number of carbonyl (C=O) groups is 1. The van der Waals surface area contributed by atoms with Gasteiger partial charge in [-0.05, 0) is 44.2 Å². The lowest BCUT2D eigenvalue weighted by molar-refractivity contribution is 0.102. The summed E-state index contributed by atoms with van der Waals surface area (Å²) in [7, 11) is 0. The summed E-state index contributed by atoms with van der Waals surface area (Å²) in [5.74, 6) is 1.41. The fourth-order valence-electron chi connectivity index (χ4n) is 2.90. The lowest BCUT2D eigenvalue weighted by Crippen LogP contribution is -2.15. The van der Waals surface area contributed by atoms with Gasteiger partial charge in [0.15, 0.2) is 0 Å². The Labute approximate surface area is 185 Å². The number of hydrogen-bond acceptors (Lipinski definition) is 6. The zero-order valence-electron chi connectivity index (χ0n) is 16.9. The van der Waals surface area contributed by atoms with E-state index in [-0.39, 0.29) is 5.56 Å². The van der Waals surface area contributed by atoms with Gasteiger partial charge in [0.1, 0.15) is 17.5 Å². The molecule has 0 atom stereocenters. The molecule has 0 saturated heterocycles. The Kier molecular flexibility index (Phi) is 7.20. The second-order valence-corrected chi connectivity index (χ2v) is 7.48. The highest BCUT2D eigenvalue weighted by atomic mass is 35.5. The van der Waals surface area contributed by atoms with Gasteiger partial charge in [-0.25, -0.2) is 15.0 Å². The maximum atomic E-state index is 12.8. The third kappa shape index (κ3) is 5.66. The number of aromatic nitrogens is 3. The fourth-order valence-corrected chi connectivity index (χ4v) is 3.60. The number of anilines is 3. The first-order chi connectivity index (χ1) is 14.4. The second kappa shape index (κ2) is 9.84. The SMILES string of the molecule is CCNCc1cc(Cl)c(C(=O)Nc2ccnc(Nc3cc(C)nc(C)n3)c2)c(Cl)c1. The van der Waals surface area contributed by atoms with Gasteiger partial charge in [0, 0.05) is 36.3 Å². The Morgan fingerprint density at radius 3 is 2.43 bits per heavy atom. The molecule has 7 nitrogen and oxygen atoms in total. The molecule has 0 fully saturated rings. The van der Waals surface area contributed by atoms with E-state index in [0.29, 0.717) is 39.7 Å². The minimum atomic E-state index is -0.397. The Morgan fingerprint density at radius 2 is 1.77 bits per heavy atom. The van der Waals surface area contributed by atoms with Crippen molar-refractivity contribution in [3.05, 3.63) is 69.2 Å². The van der Waals surface area contributed by atoms with Crippen LogP contribution >= 0.6 is 23.2 Å². The van der Waals surface area contributed by atoms with Gasteiger partial charge < -0.3 is 16.0 Å². The largest absolute Gasteiger partial charge is 0.325 e. The number of hydrogen-bond donors (Lipinski definition) is 3. The van der Waals surface area contributed by atoms with Crippen molar-refractivity contribution in [1.29, 1.82) is 0 Å². The molecule has 1 amide bonds. The van der Waals surface area contributed by atoms with Crippen LogP contribution in [0.25, 0.3) is 0 Å². The molecule has 0 saturated carbocycles. The molecule has 0 aliphatic carbocycles. The van der Waals surface area contributed by atoms with Crippen molar-refractivity contribution in [1.82, 2.24) is 20.3 Å². The van der Waals surface area contributed by atoms with Crippen molar-refractivity contribution < 1.29 is 4.79 Å². The molecule has 30 heavy (non-hydrogen) atoms. The van der Waals surface area contributed by atoms with E-state index in [0.717, 1.165) is 17.8 Å². The molecule has 2 aromatic heterocycles. The Hall–Kier alpha value is -2.74. The predicted octanol–water partition coefficient (Wildman–Crippen LogP) is 4.90. The van der Waals surface area contributed by atoms with E-state index >= 15 is 0 Å². The van der Waals surface area contributed by atoms with E-state index in [2.05, 4.69) is 30.9 Å². The first kappa shape index (κ1) is 22.0. The van der Waals surface area contributed by atoms with Crippen LogP contribution in [0.15, 0.2) is 36.5 Å². The van der Waals surface area contributed by atoms with Crippen molar-refractivity contribution >= 4 is 46.4 Å². The van der Waals surface area contributed by atoms with Crippen molar-refractivity contribution in [2.75, 3.05) is 17.2 Å². The predicted molar refractivity (Wildman–Crippen MR) is 121 cm³/mol. The number of carbonyl (C=O) groups excluding carboxylic acids is 1. The highest BCUT2D eigenvalue weighted by Gasteiger charge is 2.17. The average Bonchev–Trinajstić information content (AvgIpc) is 2.65. The molecule has 0 bridgehead atoms. The Morgan fingerprint density at radius 1 is 1.03 bits per heavy atom. The summed E-state index contributed by atoms with van der Waals surface area (Å²) in [5, 5.41) is 9.73. The zero-order chi connectivity index (χ0) is 21.7. The molecule has 0 aliphatic rings. The molecule has 1 aromatic carbocycles. The minimum absolute atomic E-state index is 0.229. The topological polar surface area (TPSA) is 91.8 Å². The monoisotopic (exact) mass is 444 g/mol. The smallest absolute Gasteiger partial charge is 0.258 e. The van der Waals surface area contributed by atoms with Gasteiger partial charge in [-0.2, -0.15) is 0 Å². The van der Waals surface area contributed by atoms with Gasteiger partial charge in [0.2, 0.25) is 0 Å². The minimum Gasteiger partial charge on any atom is -0.325 e. The summed E-state index contributed by atoms with van der Waals surface area (Å²) in [6.07, 6.45) is 1.58. The van der Waals surface area contributed by atoms with Gasteiger partial charge >= 0.3 is 0 Å². The normalized spacial score (nSPS) is 10.7. The summed E-state index contributed by atoms with van der Waals surface area (Å²) in [6, 6.07) is 8.68. The quantitative estimate of drug-likeness (QED) is 0.479. The second-order valence-electron chi connectivity index (χ2n) is 6.67. The summed E-state index contributed by atoms with van der Waals surface area (Å²) in [5.41, 5.74) is 2.53. The summed E-state index contributed by atoms with van der Waals surface area (Å²) in [6.45, 7) is 7.17. The highest BCUT2D eigenvalue weighted by Crippen LogP contribution is 2.28. The summed E-state index contributed by atoms with van der Waals surface area (Å²) >= 11 is 12.7. The highest BCUT2D eigenvalue weighted by molar-refractivity contribution is 6.40. The number of amides is 1. The molecule has 3 aromatic rings. The van der Waals surface area contributed by atoms with E-state index in [1.54, 1.807) is 30.5 Å². The van der Waals surface area contributed by atoms with E-state index in [9.17, 15) is 4.79 Å². The average molecular weight is 445 g/mol. The molecule has 3 N–H and O–H groups in total. The third-order valence-electron chi connectivity index (χ3n) is 4.15. The fraction of sp³-hybridized carbons (Fsp3) is 0.238. The van der Waals surface area contributed by atoms with Gasteiger partial charge in [-0.1, -0.05) is 30.1 Å². The molecule has 9 heteroatoms. The van der Waals surface area contributed by atoms with Crippen LogP contribution in [0.1, 0.15) is 34.4 Å². The number of rotatable bonds is 7. The number of benzene rings is 1. The molecule has 0 aliphatic heterocycles. The molecular weight excluding hydrogens is 423 g/mol. The van der Waals surface area contributed by atoms with Gasteiger partial charge in [-0.15, -0.1) is 0 Å². The van der Waals surface area contributed by atoms with Crippen LogP contribution in [0, 0.1) is 13.8 Å². The molecule has 0 radical (unpaired) electrons. The van der Waals surface area contributed by atoms with Crippen molar-refractivity contribution in [3.8, 4) is 0 Å².